The lowest BCUT2D eigenvalue weighted by atomic mass is 9.90. The van der Waals surface area contributed by atoms with Crippen LogP contribution >= 0.6 is 0 Å². The first-order valence-electron chi connectivity index (χ1n) is 8.93. The molecular weight excluding hydrogens is 349 g/mol. The molecule has 27 heavy (non-hydrogen) atoms. The molecule has 3 rings (SSSR count). The molecule has 1 heterocycles. The molecule has 0 radical (unpaired) electrons. The fourth-order valence-electron chi connectivity index (χ4n) is 2.76. The van der Waals surface area contributed by atoms with E-state index in [1.165, 1.54) is 6.07 Å². The largest absolute Gasteiger partial charge is 0.491 e. The van der Waals surface area contributed by atoms with Crippen LogP contribution in [0.5, 0.6) is 5.75 Å². The predicted molar refractivity (Wildman–Crippen MR) is 100.0 cm³/mol. The van der Waals surface area contributed by atoms with Gasteiger partial charge in [-0.05, 0) is 51.1 Å². The molecule has 0 spiro atoms. The molecule has 0 bridgehead atoms. The lowest BCUT2D eigenvalue weighted by molar-refractivity contribution is -0.227. The van der Waals surface area contributed by atoms with Crippen LogP contribution in [-0.2, 0) is 14.3 Å². The highest BCUT2D eigenvalue weighted by Crippen LogP contribution is 2.33. The molecule has 5 nitrogen and oxygen atoms in total. The zero-order valence-electron chi connectivity index (χ0n) is 15.7. The number of halogens is 1. The number of benzene rings is 2. The minimum absolute atomic E-state index is 0.0864. The Bertz CT molecular complexity index is 783. The first-order valence-corrected chi connectivity index (χ1v) is 8.93. The Kier molecular flexibility index (Phi) is 5.77. The third-order valence-electron chi connectivity index (χ3n) is 4.30. The Balaban J connectivity index is 1.60. The highest BCUT2D eigenvalue weighted by molar-refractivity contribution is 5.95. The van der Waals surface area contributed by atoms with Crippen molar-refractivity contribution in [2.45, 2.75) is 33.2 Å². The number of amides is 1. The SMILES string of the molecule is CC(C)Oc1ccc(NC(=O)C2(C)COC(c3ccccc3F)OC2)cc1. The Morgan fingerprint density at radius 3 is 2.37 bits per heavy atom. The second-order valence-electron chi connectivity index (χ2n) is 7.18. The fourth-order valence-corrected chi connectivity index (χ4v) is 2.76. The van der Waals surface area contributed by atoms with Crippen LogP contribution < -0.4 is 10.1 Å². The van der Waals surface area contributed by atoms with Gasteiger partial charge in [0.05, 0.1) is 24.7 Å². The summed E-state index contributed by atoms with van der Waals surface area (Å²) in [5.41, 5.74) is 0.128. The molecule has 1 aliphatic heterocycles. The minimum Gasteiger partial charge on any atom is -0.491 e. The lowest BCUT2D eigenvalue weighted by Gasteiger charge is -2.36. The number of rotatable bonds is 5. The van der Waals surface area contributed by atoms with E-state index in [0.29, 0.717) is 11.3 Å². The molecule has 6 heteroatoms. The van der Waals surface area contributed by atoms with Crippen molar-refractivity contribution in [3.63, 3.8) is 0 Å². The molecular formula is C21H24FNO4. The van der Waals surface area contributed by atoms with E-state index in [9.17, 15) is 9.18 Å². The van der Waals surface area contributed by atoms with Gasteiger partial charge in [-0.15, -0.1) is 0 Å². The maximum atomic E-state index is 13.9. The third kappa shape index (κ3) is 4.64. The van der Waals surface area contributed by atoms with Gasteiger partial charge < -0.3 is 19.5 Å². The van der Waals surface area contributed by atoms with Gasteiger partial charge in [0.1, 0.15) is 11.6 Å². The van der Waals surface area contributed by atoms with Gasteiger partial charge in [0, 0.05) is 11.3 Å². The molecule has 0 unspecified atom stereocenters. The molecule has 1 N–H and O–H groups in total. The Hall–Kier alpha value is -2.44. The third-order valence-corrected chi connectivity index (χ3v) is 4.30. The fraction of sp³-hybridized carbons (Fsp3) is 0.381. The van der Waals surface area contributed by atoms with Gasteiger partial charge in [-0.3, -0.25) is 4.79 Å². The summed E-state index contributed by atoms with van der Waals surface area (Å²) in [7, 11) is 0. The zero-order chi connectivity index (χ0) is 19.4. The summed E-state index contributed by atoms with van der Waals surface area (Å²) in [6.07, 6.45) is -0.720. The number of carbonyl (C=O) groups is 1. The van der Waals surface area contributed by atoms with Crippen LogP contribution in [0.1, 0.15) is 32.6 Å². The van der Waals surface area contributed by atoms with Gasteiger partial charge in [-0.2, -0.15) is 0 Å². The van der Waals surface area contributed by atoms with Gasteiger partial charge in [-0.1, -0.05) is 18.2 Å². The van der Waals surface area contributed by atoms with Crippen LogP contribution in [0.3, 0.4) is 0 Å². The molecule has 0 atom stereocenters. The summed E-state index contributed by atoms with van der Waals surface area (Å²) < 4.78 is 30.7. The topological polar surface area (TPSA) is 56.8 Å². The van der Waals surface area contributed by atoms with E-state index in [2.05, 4.69) is 5.32 Å². The van der Waals surface area contributed by atoms with Crippen molar-refractivity contribution in [1.29, 1.82) is 0 Å². The van der Waals surface area contributed by atoms with Crippen molar-refractivity contribution in [2.75, 3.05) is 18.5 Å². The molecule has 1 saturated heterocycles. The van der Waals surface area contributed by atoms with E-state index >= 15 is 0 Å². The summed E-state index contributed by atoms with van der Waals surface area (Å²) >= 11 is 0. The van der Waals surface area contributed by atoms with Gasteiger partial charge in [0.15, 0.2) is 6.29 Å². The van der Waals surface area contributed by atoms with Gasteiger partial charge in [0.25, 0.3) is 0 Å². The van der Waals surface area contributed by atoms with Crippen molar-refractivity contribution in [3.8, 4) is 5.75 Å². The van der Waals surface area contributed by atoms with Crippen LogP contribution in [0.25, 0.3) is 0 Å². The van der Waals surface area contributed by atoms with Gasteiger partial charge >= 0.3 is 0 Å². The highest BCUT2D eigenvalue weighted by atomic mass is 19.1. The average Bonchev–Trinajstić information content (AvgIpc) is 2.64. The van der Waals surface area contributed by atoms with Crippen LogP contribution in [0.4, 0.5) is 10.1 Å². The summed E-state index contributed by atoms with van der Waals surface area (Å²) in [6, 6.07) is 13.5. The number of hydrogen-bond donors (Lipinski definition) is 1. The predicted octanol–water partition coefficient (Wildman–Crippen LogP) is 4.30. The maximum Gasteiger partial charge on any atom is 0.234 e. The van der Waals surface area contributed by atoms with Crippen LogP contribution in [-0.4, -0.2) is 25.2 Å². The number of anilines is 1. The van der Waals surface area contributed by atoms with Crippen LogP contribution in [0.15, 0.2) is 48.5 Å². The summed E-state index contributed by atoms with van der Waals surface area (Å²) in [4.78, 5) is 12.7. The Labute approximate surface area is 158 Å². The molecule has 0 aliphatic carbocycles. The molecule has 2 aromatic carbocycles. The quantitative estimate of drug-likeness (QED) is 0.849. The normalized spacial score (nSPS) is 22.5. The van der Waals surface area contributed by atoms with Crippen LogP contribution in [0, 0.1) is 11.2 Å². The second-order valence-corrected chi connectivity index (χ2v) is 7.18. The highest BCUT2D eigenvalue weighted by Gasteiger charge is 2.40. The smallest absolute Gasteiger partial charge is 0.234 e. The number of carbonyl (C=O) groups excluding carboxylic acids is 1. The van der Waals surface area contributed by atoms with Crippen molar-refractivity contribution < 1.29 is 23.4 Å². The molecule has 1 aliphatic rings. The Morgan fingerprint density at radius 2 is 1.78 bits per heavy atom. The molecule has 0 saturated carbocycles. The number of ether oxygens (including phenoxy) is 3. The summed E-state index contributed by atoms with van der Waals surface area (Å²) in [6.45, 7) is 5.93. The lowest BCUT2D eigenvalue weighted by Crippen LogP contribution is -2.45. The molecule has 144 valence electrons. The van der Waals surface area contributed by atoms with E-state index in [1.54, 1.807) is 49.4 Å². The van der Waals surface area contributed by atoms with Crippen molar-refractivity contribution in [3.05, 3.63) is 59.9 Å². The number of nitrogens with one attached hydrogen (secondary N) is 1. The molecule has 0 aromatic heterocycles. The second kappa shape index (κ2) is 8.06. The minimum atomic E-state index is -0.866. The first kappa shape index (κ1) is 19.3. The van der Waals surface area contributed by atoms with Crippen molar-refractivity contribution >= 4 is 11.6 Å². The van der Waals surface area contributed by atoms with E-state index in [4.69, 9.17) is 14.2 Å². The van der Waals surface area contributed by atoms with Crippen molar-refractivity contribution in [2.24, 2.45) is 5.41 Å². The molecule has 1 amide bonds. The Morgan fingerprint density at radius 1 is 1.15 bits per heavy atom. The van der Waals surface area contributed by atoms with Gasteiger partial charge in [0.2, 0.25) is 5.91 Å². The summed E-state index contributed by atoms with van der Waals surface area (Å²) in [5, 5.41) is 2.87. The molecule has 1 fully saturated rings. The first-order chi connectivity index (χ1) is 12.9. The molecule has 2 aromatic rings. The van der Waals surface area contributed by atoms with E-state index in [1.807, 2.05) is 13.8 Å². The zero-order valence-corrected chi connectivity index (χ0v) is 15.7. The number of hydrogen-bond acceptors (Lipinski definition) is 4. The van der Waals surface area contributed by atoms with Crippen LogP contribution in [0.2, 0.25) is 0 Å². The van der Waals surface area contributed by atoms with E-state index in [0.717, 1.165) is 5.75 Å². The standard InChI is InChI=1S/C21H24FNO4/c1-14(2)27-16-10-8-15(9-11-16)23-20(24)21(3)12-25-19(26-13-21)17-6-4-5-7-18(17)22/h4-11,14,19H,12-13H2,1-3H3,(H,23,24). The average molecular weight is 373 g/mol. The maximum absolute atomic E-state index is 13.9. The van der Waals surface area contributed by atoms with E-state index in [-0.39, 0.29) is 31.0 Å². The van der Waals surface area contributed by atoms with Gasteiger partial charge in [-0.25, -0.2) is 4.39 Å². The monoisotopic (exact) mass is 373 g/mol. The summed E-state index contributed by atoms with van der Waals surface area (Å²) in [5.74, 6) is 0.137. The van der Waals surface area contributed by atoms with Crippen molar-refractivity contribution in [1.82, 2.24) is 0 Å². The van der Waals surface area contributed by atoms with E-state index < -0.39 is 11.7 Å².